The minimum absolute atomic E-state index is 0.0638. The van der Waals surface area contributed by atoms with Crippen molar-refractivity contribution in [2.24, 2.45) is 5.92 Å². The number of carbonyl (C=O) groups is 2. The second-order valence-corrected chi connectivity index (χ2v) is 7.05. The summed E-state index contributed by atoms with van der Waals surface area (Å²) in [6.45, 7) is 3.28. The van der Waals surface area contributed by atoms with E-state index in [0.29, 0.717) is 25.4 Å². The Morgan fingerprint density at radius 2 is 1.96 bits per heavy atom. The van der Waals surface area contributed by atoms with E-state index in [1.807, 2.05) is 49.4 Å². The first-order chi connectivity index (χ1) is 13.5. The van der Waals surface area contributed by atoms with Crippen LogP contribution >= 0.6 is 0 Å². The molecule has 2 amide bonds. The number of rotatable bonds is 7. The molecule has 1 aliphatic rings. The largest absolute Gasteiger partial charge is 0.495 e. The van der Waals surface area contributed by atoms with E-state index in [9.17, 15) is 9.59 Å². The Hall–Kier alpha value is -2.86. The van der Waals surface area contributed by atoms with Gasteiger partial charge in [0.25, 0.3) is 0 Å². The first kappa shape index (κ1) is 19.9. The fraction of sp³-hybridized carbons (Fsp3) is 0.364. The zero-order valence-electron chi connectivity index (χ0n) is 16.5. The van der Waals surface area contributed by atoms with Crippen molar-refractivity contribution in [2.75, 3.05) is 25.7 Å². The Kier molecular flexibility index (Phi) is 6.31. The van der Waals surface area contributed by atoms with Crippen molar-refractivity contribution in [1.82, 2.24) is 5.32 Å². The lowest BCUT2D eigenvalue weighted by atomic mass is 10.1. The molecular weight excluding hydrogens is 356 g/mol. The lowest BCUT2D eigenvalue weighted by molar-refractivity contribution is -0.126. The Morgan fingerprint density at radius 1 is 1.18 bits per heavy atom. The Morgan fingerprint density at radius 3 is 2.71 bits per heavy atom. The third-order valence-electron chi connectivity index (χ3n) is 4.89. The number of anilines is 1. The monoisotopic (exact) mass is 382 g/mol. The second kappa shape index (κ2) is 8.89. The van der Waals surface area contributed by atoms with Gasteiger partial charge in [-0.25, -0.2) is 0 Å². The molecule has 3 rings (SSSR count). The van der Waals surface area contributed by atoms with E-state index in [0.717, 1.165) is 22.4 Å². The molecule has 0 aromatic heterocycles. The summed E-state index contributed by atoms with van der Waals surface area (Å²) in [5, 5.41) is 2.95. The van der Waals surface area contributed by atoms with Crippen molar-refractivity contribution in [2.45, 2.75) is 26.5 Å². The van der Waals surface area contributed by atoms with Gasteiger partial charge in [-0.15, -0.1) is 0 Å². The average molecular weight is 382 g/mol. The summed E-state index contributed by atoms with van der Waals surface area (Å²) in [5.74, 6) is 0.0839. The van der Waals surface area contributed by atoms with Gasteiger partial charge in [0.1, 0.15) is 5.75 Å². The molecule has 2 aromatic carbocycles. The fourth-order valence-electron chi connectivity index (χ4n) is 3.46. The maximum absolute atomic E-state index is 12.6. The predicted octanol–water partition coefficient (Wildman–Crippen LogP) is 2.82. The van der Waals surface area contributed by atoms with Crippen molar-refractivity contribution >= 4 is 17.5 Å². The first-order valence-electron chi connectivity index (χ1n) is 9.31. The van der Waals surface area contributed by atoms with Crippen molar-refractivity contribution in [3.63, 3.8) is 0 Å². The highest BCUT2D eigenvalue weighted by atomic mass is 16.5. The molecule has 1 fully saturated rings. The fourth-order valence-corrected chi connectivity index (χ4v) is 3.46. The third-order valence-corrected chi connectivity index (χ3v) is 4.89. The normalized spacial score (nSPS) is 16.3. The van der Waals surface area contributed by atoms with Crippen molar-refractivity contribution in [3.8, 4) is 5.75 Å². The molecule has 0 spiro atoms. The number of amides is 2. The van der Waals surface area contributed by atoms with E-state index < -0.39 is 0 Å². The summed E-state index contributed by atoms with van der Waals surface area (Å²) in [5.41, 5.74) is 3.81. The van der Waals surface area contributed by atoms with Gasteiger partial charge >= 0.3 is 0 Å². The minimum atomic E-state index is -0.375. The summed E-state index contributed by atoms with van der Waals surface area (Å²) >= 11 is 0. The van der Waals surface area contributed by atoms with Crippen LogP contribution in [0.25, 0.3) is 0 Å². The van der Waals surface area contributed by atoms with Crippen LogP contribution in [0.2, 0.25) is 0 Å². The maximum atomic E-state index is 12.6. The number of hydrogen-bond donors (Lipinski definition) is 1. The van der Waals surface area contributed by atoms with Crippen LogP contribution in [0.4, 0.5) is 5.69 Å². The van der Waals surface area contributed by atoms with Gasteiger partial charge in [-0.2, -0.15) is 0 Å². The van der Waals surface area contributed by atoms with Gasteiger partial charge in [0.2, 0.25) is 11.8 Å². The summed E-state index contributed by atoms with van der Waals surface area (Å²) in [6, 6.07) is 13.6. The lowest BCUT2D eigenvalue weighted by Gasteiger charge is -2.20. The Labute approximate surface area is 165 Å². The molecule has 0 radical (unpaired) electrons. The molecule has 1 saturated heterocycles. The maximum Gasteiger partial charge on any atom is 0.227 e. The van der Waals surface area contributed by atoms with Gasteiger partial charge in [0.15, 0.2) is 0 Å². The highest BCUT2D eigenvalue weighted by molar-refractivity contribution is 6.01. The Bertz CT molecular complexity index is 865. The van der Waals surface area contributed by atoms with Gasteiger partial charge in [-0.1, -0.05) is 30.3 Å². The van der Waals surface area contributed by atoms with Crippen LogP contribution in [-0.4, -0.2) is 32.6 Å². The molecule has 1 N–H and O–H groups in total. The molecule has 2 aromatic rings. The molecule has 0 bridgehead atoms. The van der Waals surface area contributed by atoms with Crippen LogP contribution in [0.5, 0.6) is 5.75 Å². The molecule has 1 atom stereocenters. The highest BCUT2D eigenvalue weighted by Gasteiger charge is 2.36. The Balaban J connectivity index is 1.64. The van der Waals surface area contributed by atoms with E-state index in [-0.39, 0.29) is 24.2 Å². The predicted molar refractivity (Wildman–Crippen MR) is 107 cm³/mol. The second-order valence-electron chi connectivity index (χ2n) is 7.05. The van der Waals surface area contributed by atoms with Gasteiger partial charge in [-0.3, -0.25) is 9.59 Å². The number of nitrogens with one attached hydrogen (secondary N) is 1. The molecule has 0 saturated carbocycles. The molecule has 0 aliphatic carbocycles. The van der Waals surface area contributed by atoms with E-state index in [1.165, 1.54) is 0 Å². The van der Waals surface area contributed by atoms with E-state index in [2.05, 4.69) is 5.32 Å². The van der Waals surface area contributed by atoms with Crippen molar-refractivity contribution < 1.29 is 19.1 Å². The molecule has 148 valence electrons. The first-order valence-corrected chi connectivity index (χ1v) is 9.31. The zero-order chi connectivity index (χ0) is 20.1. The molecule has 1 heterocycles. The van der Waals surface area contributed by atoms with Crippen LogP contribution in [0, 0.1) is 12.8 Å². The van der Waals surface area contributed by atoms with E-state index in [4.69, 9.17) is 9.47 Å². The van der Waals surface area contributed by atoms with Crippen LogP contribution in [0.15, 0.2) is 42.5 Å². The third kappa shape index (κ3) is 4.51. The number of benzene rings is 2. The van der Waals surface area contributed by atoms with Gasteiger partial charge in [0.05, 0.1) is 25.3 Å². The number of ether oxygens (including phenoxy) is 2. The number of carbonyl (C=O) groups excluding carboxylic acids is 2. The van der Waals surface area contributed by atoms with Gasteiger partial charge in [-0.05, 0) is 35.7 Å². The summed E-state index contributed by atoms with van der Waals surface area (Å²) in [7, 11) is 3.23. The minimum Gasteiger partial charge on any atom is -0.495 e. The summed E-state index contributed by atoms with van der Waals surface area (Å²) in [6.07, 6.45) is 0.201. The lowest BCUT2D eigenvalue weighted by Crippen LogP contribution is -2.32. The SMILES string of the molecule is COCc1cccc(CNC(=O)C2CC(=O)N(c3cc(C)ccc3OC)C2)c1. The van der Waals surface area contributed by atoms with Crippen molar-refractivity contribution in [1.29, 1.82) is 0 Å². The van der Waals surface area contributed by atoms with Crippen LogP contribution in [-0.2, 0) is 27.5 Å². The number of nitrogens with zero attached hydrogens (tertiary/aromatic N) is 1. The number of aryl methyl sites for hydroxylation is 1. The van der Waals surface area contributed by atoms with Gasteiger partial charge < -0.3 is 19.7 Å². The average Bonchev–Trinajstić information content (AvgIpc) is 3.08. The number of methoxy groups -OCH3 is 2. The molecule has 1 aliphatic heterocycles. The van der Waals surface area contributed by atoms with E-state index >= 15 is 0 Å². The van der Waals surface area contributed by atoms with E-state index in [1.54, 1.807) is 19.1 Å². The highest BCUT2D eigenvalue weighted by Crippen LogP contribution is 2.33. The standard InChI is InChI=1S/C22H26N2O4/c1-15-7-8-20(28-3)19(9-15)24-13-18(11-21(24)25)22(26)23-12-16-5-4-6-17(10-16)14-27-2/h4-10,18H,11-14H2,1-3H3,(H,23,26). The topological polar surface area (TPSA) is 67.9 Å². The van der Waals surface area contributed by atoms with Crippen LogP contribution in [0.1, 0.15) is 23.1 Å². The quantitative estimate of drug-likeness (QED) is 0.800. The molecule has 1 unspecified atom stereocenters. The summed E-state index contributed by atoms with van der Waals surface area (Å²) < 4.78 is 10.5. The summed E-state index contributed by atoms with van der Waals surface area (Å²) in [4.78, 5) is 26.8. The molecular formula is C22H26N2O4. The van der Waals surface area contributed by atoms with Crippen LogP contribution in [0.3, 0.4) is 0 Å². The smallest absolute Gasteiger partial charge is 0.227 e. The molecule has 28 heavy (non-hydrogen) atoms. The molecule has 6 nitrogen and oxygen atoms in total. The van der Waals surface area contributed by atoms with Crippen LogP contribution < -0.4 is 15.0 Å². The van der Waals surface area contributed by atoms with Crippen molar-refractivity contribution in [3.05, 3.63) is 59.2 Å². The number of hydrogen-bond acceptors (Lipinski definition) is 4. The van der Waals surface area contributed by atoms with Gasteiger partial charge in [0, 0.05) is 26.6 Å². The molecule has 6 heteroatoms. The zero-order valence-corrected chi connectivity index (χ0v) is 16.5.